The second-order valence-electron chi connectivity index (χ2n) is 4.31. The first-order valence-electron chi connectivity index (χ1n) is 5.82. The molecular formula is C13H15ClN2O2. The lowest BCUT2D eigenvalue weighted by Crippen LogP contribution is -2.36. The van der Waals surface area contributed by atoms with Crippen LogP contribution in [0.3, 0.4) is 0 Å². The molecule has 1 amide bonds. The van der Waals surface area contributed by atoms with Crippen molar-refractivity contribution in [1.82, 2.24) is 10.6 Å². The number of nitrogens with one attached hydrogen (secondary N) is 2. The third-order valence-electron chi connectivity index (χ3n) is 3.12. The van der Waals surface area contributed by atoms with Crippen LogP contribution < -0.4 is 10.6 Å². The Kier molecular flexibility index (Phi) is 3.89. The molecule has 1 aliphatic rings. The van der Waals surface area contributed by atoms with Gasteiger partial charge < -0.3 is 15.1 Å². The third kappa shape index (κ3) is 2.35. The number of hydrogen-bond acceptors (Lipinski definition) is 3. The fraction of sp³-hybridized carbons (Fsp3) is 0.308. The second kappa shape index (κ2) is 5.42. The topological polar surface area (TPSA) is 54.3 Å². The Morgan fingerprint density at radius 1 is 1.39 bits per heavy atom. The van der Waals surface area contributed by atoms with Gasteiger partial charge in [0.1, 0.15) is 11.8 Å². The zero-order valence-corrected chi connectivity index (χ0v) is 10.6. The van der Waals surface area contributed by atoms with E-state index < -0.39 is 0 Å². The van der Waals surface area contributed by atoms with E-state index in [4.69, 9.17) is 4.42 Å². The average molecular weight is 267 g/mol. The first-order valence-corrected chi connectivity index (χ1v) is 5.82. The highest BCUT2D eigenvalue weighted by Crippen LogP contribution is 2.20. The highest BCUT2D eigenvalue weighted by molar-refractivity contribution is 6.05. The lowest BCUT2D eigenvalue weighted by Gasteiger charge is -2.09. The van der Waals surface area contributed by atoms with Crippen LogP contribution in [0.5, 0.6) is 0 Å². The average Bonchev–Trinajstić information content (AvgIpc) is 2.96. The van der Waals surface area contributed by atoms with Crippen LogP contribution in [-0.2, 0) is 0 Å². The molecular weight excluding hydrogens is 252 g/mol. The first kappa shape index (κ1) is 12.9. The Balaban J connectivity index is 0.00000120. The molecule has 0 saturated carbocycles. The lowest BCUT2D eigenvalue weighted by atomic mass is 10.1. The Bertz CT molecular complexity index is 547. The Morgan fingerprint density at radius 3 is 3.00 bits per heavy atom. The molecule has 2 N–H and O–H groups in total. The van der Waals surface area contributed by atoms with Gasteiger partial charge in [0.05, 0.1) is 5.56 Å². The van der Waals surface area contributed by atoms with Crippen LogP contribution >= 0.6 is 12.4 Å². The summed E-state index contributed by atoms with van der Waals surface area (Å²) in [6.45, 7) is 1.82. The quantitative estimate of drug-likeness (QED) is 0.874. The summed E-state index contributed by atoms with van der Waals surface area (Å²) >= 11 is 0. The Morgan fingerprint density at radius 2 is 2.22 bits per heavy atom. The molecule has 4 nitrogen and oxygen atoms in total. The molecule has 1 saturated heterocycles. The number of carbonyl (C=O) groups excluding carboxylic acids is 1. The molecule has 0 spiro atoms. The van der Waals surface area contributed by atoms with E-state index in [0.717, 1.165) is 30.5 Å². The number of para-hydroxylation sites is 1. The molecule has 2 aromatic rings. The van der Waals surface area contributed by atoms with Gasteiger partial charge in [0.15, 0.2) is 0 Å². The van der Waals surface area contributed by atoms with E-state index in [1.807, 2.05) is 24.3 Å². The van der Waals surface area contributed by atoms with Crippen LogP contribution in [0.25, 0.3) is 11.0 Å². The number of rotatable bonds is 2. The lowest BCUT2D eigenvalue weighted by molar-refractivity contribution is 0.0941. The predicted octanol–water partition coefficient (Wildman–Crippen LogP) is 1.95. The highest BCUT2D eigenvalue weighted by Gasteiger charge is 2.19. The van der Waals surface area contributed by atoms with E-state index in [9.17, 15) is 4.79 Å². The number of fused-ring (bicyclic) bond motifs is 1. The van der Waals surface area contributed by atoms with Gasteiger partial charge in [0.25, 0.3) is 5.91 Å². The Hall–Kier alpha value is -1.52. The van der Waals surface area contributed by atoms with E-state index >= 15 is 0 Å². The SMILES string of the molecule is Cl.O=C(NC1CCNC1)c1coc2ccccc12. The van der Waals surface area contributed by atoms with Crippen molar-refractivity contribution in [1.29, 1.82) is 0 Å². The molecule has 1 aliphatic heterocycles. The number of hydrogen-bond donors (Lipinski definition) is 2. The van der Waals surface area contributed by atoms with Gasteiger partial charge in [-0.25, -0.2) is 0 Å². The number of amides is 1. The van der Waals surface area contributed by atoms with Gasteiger partial charge in [-0.2, -0.15) is 0 Å². The summed E-state index contributed by atoms with van der Waals surface area (Å²) in [6, 6.07) is 7.81. The maximum Gasteiger partial charge on any atom is 0.255 e. The standard InChI is InChI=1S/C13H14N2O2.ClH/c16-13(15-9-5-6-14-7-9)11-8-17-12-4-2-1-3-10(11)12;/h1-4,8-9,14H,5-7H2,(H,15,16);1H. The number of benzene rings is 1. The van der Waals surface area contributed by atoms with Crippen molar-refractivity contribution in [3.05, 3.63) is 36.1 Å². The smallest absolute Gasteiger partial charge is 0.255 e. The van der Waals surface area contributed by atoms with Crippen molar-refractivity contribution in [3.63, 3.8) is 0 Å². The molecule has 3 rings (SSSR count). The minimum atomic E-state index is -0.0522. The maximum atomic E-state index is 12.1. The summed E-state index contributed by atoms with van der Waals surface area (Å²) < 4.78 is 5.36. The normalized spacial score (nSPS) is 18.6. The van der Waals surface area contributed by atoms with Crippen LogP contribution in [0.1, 0.15) is 16.8 Å². The van der Waals surface area contributed by atoms with Crippen molar-refractivity contribution >= 4 is 29.3 Å². The number of carbonyl (C=O) groups is 1. The summed E-state index contributed by atoms with van der Waals surface area (Å²) in [5.41, 5.74) is 1.37. The summed E-state index contributed by atoms with van der Waals surface area (Å²) in [5.74, 6) is -0.0522. The van der Waals surface area contributed by atoms with E-state index in [0.29, 0.717) is 5.56 Å². The summed E-state index contributed by atoms with van der Waals surface area (Å²) in [5, 5.41) is 7.11. The van der Waals surface area contributed by atoms with E-state index in [-0.39, 0.29) is 24.4 Å². The van der Waals surface area contributed by atoms with Crippen LogP contribution in [0, 0.1) is 0 Å². The molecule has 0 aliphatic carbocycles. The maximum absolute atomic E-state index is 12.1. The van der Waals surface area contributed by atoms with E-state index in [2.05, 4.69) is 10.6 Å². The van der Waals surface area contributed by atoms with E-state index in [1.54, 1.807) is 0 Å². The Labute approximate surface area is 111 Å². The molecule has 18 heavy (non-hydrogen) atoms. The zero-order chi connectivity index (χ0) is 11.7. The molecule has 2 heterocycles. The highest BCUT2D eigenvalue weighted by atomic mass is 35.5. The summed E-state index contributed by atoms with van der Waals surface area (Å²) in [7, 11) is 0. The minimum Gasteiger partial charge on any atom is -0.463 e. The van der Waals surface area contributed by atoms with Gasteiger partial charge in [0.2, 0.25) is 0 Å². The fourth-order valence-corrected chi connectivity index (χ4v) is 2.19. The van der Waals surface area contributed by atoms with Crippen molar-refractivity contribution in [3.8, 4) is 0 Å². The number of furan rings is 1. The van der Waals surface area contributed by atoms with Crippen molar-refractivity contribution in [2.45, 2.75) is 12.5 Å². The van der Waals surface area contributed by atoms with Crippen LogP contribution in [0.15, 0.2) is 34.9 Å². The second-order valence-corrected chi connectivity index (χ2v) is 4.31. The molecule has 0 bridgehead atoms. The van der Waals surface area contributed by atoms with Gasteiger partial charge in [0, 0.05) is 18.0 Å². The molecule has 1 aromatic heterocycles. The van der Waals surface area contributed by atoms with Gasteiger partial charge in [-0.3, -0.25) is 4.79 Å². The van der Waals surface area contributed by atoms with Crippen LogP contribution in [0.4, 0.5) is 0 Å². The molecule has 0 radical (unpaired) electrons. The van der Waals surface area contributed by atoms with Crippen molar-refractivity contribution in [2.75, 3.05) is 13.1 Å². The summed E-state index contributed by atoms with van der Waals surface area (Å²) in [6.07, 6.45) is 2.52. The predicted molar refractivity (Wildman–Crippen MR) is 72.2 cm³/mol. The molecule has 1 unspecified atom stereocenters. The molecule has 96 valence electrons. The van der Waals surface area contributed by atoms with Gasteiger partial charge in [-0.05, 0) is 19.0 Å². The zero-order valence-electron chi connectivity index (χ0n) is 9.81. The molecule has 1 atom stereocenters. The largest absolute Gasteiger partial charge is 0.463 e. The van der Waals surface area contributed by atoms with Gasteiger partial charge >= 0.3 is 0 Å². The molecule has 5 heteroatoms. The monoisotopic (exact) mass is 266 g/mol. The van der Waals surface area contributed by atoms with E-state index in [1.165, 1.54) is 6.26 Å². The third-order valence-corrected chi connectivity index (χ3v) is 3.12. The van der Waals surface area contributed by atoms with Gasteiger partial charge in [-0.1, -0.05) is 18.2 Å². The molecule has 1 aromatic carbocycles. The van der Waals surface area contributed by atoms with Crippen molar-refractivity contribution in [2.24, 2.45) is 0 Å². The van der Waals surface area contributed by atoms with Gasteiger partial charge in [-0.15, -0.1) is 12.4 Å². The summed E-state index contributed by atoms with van der Waals surface area (Å²) in [4.78, 5) is 12.1. The van der Waals surface area contributed by atoms with Crippen molar-refractivity contribution < 1.29 is 9.21 Å². The fourth-order valence-electron chi connectivity index (χ4n) is 2.19. The van der Waals surface area contributed by atoms with Crippen LogP contribution in [-0.4, -0.2) is 25.0 Å². The van der Waals surface area contributed by atoms with Crippen LogP contribution in [0.2, 0.25) is 0 Å². The molecule has 1 fully saturated rings. The minimum absolute atomic E-state index is 0. The number of halogens is 1. The first-order chi connectivity index (χ1) is 8.34.